The van der Waals surface area contributed by atoms with Gasteiger partial charge < -0.3 is 14.6 Å². The third-order valence-electron chi connectivity index (χ3n) is 5.29. The van der Waals surface area contributed by atoms with Gasteiger partial charge in [0.15, 0.2) is 5.58 Å². The highest BCUT2D eigenvalue weighted by atomic mass is 16.4. The molecule has 1 aromatic heterocycles. The molecule has 4 rings (SSSR count). The topological polar surface area (TPSA) is 50.4 Å². The van der Waals surface area contributed by atoms with Crippen LogP contribution in [0.3, 0.4) is 0 Å². The van der Waals surface area contributed by atoms with E-state index in [0.29, 0.717) is 17.5 Å². The lowest BCUT2D eigenvalue weighted by atomic mass is 9.79. The summed E-state index contributed by atoms with van der Waals surface area (Å²) in [6.07, 6.45) is 3.89. The molecule has 1 aromatic carbocycles. The predicted molar refractivity (Wildman–Crippen MR) is 86.1 cm³/mol. The number of fused-ring (bicyclic) bond motifs is 1. The maximum atomic E-state index is 12.0. The number of hydrogen-bond acceptors (Lipinski definition) is 4. The van der Waals surface area contributed by atoms with E-state index in [1.54, 1.807) is 4.57 Å². The largest absolute Gasteiger partial charge is 0.419 e. The summed E-state index contributed by atoms with van der Waals surface area (Å²) >= 11 is 0. The monoisotopic (exact) mass is 301 g/mol. The zero-order chi connectivity index (χ0) is 15.0. The molecular formula is C17H23N3O2. The van der Waals surface area contributed by atoms with Crippen molar-refractivity contribution in [1.82, 2.24) is 14.8 Å². The van der Waals surface area contributed by atoms with E-state index in [1.165, 1.54) is 19.3 Å². The summed E-state index contributed by atoms with van der Waals surface area (Å²) < 4.78 is 7.08. The standard InChI is InChI=1S/C17H23N3O2/c21-16-20(14-4-1-2-5-15(14)22-16)11-10-19-9-3-6-17(13-19)7-8-18-12-17/h1-2,4-5,18H,3,6-13H2/t17-/m0/s1. The Hall–Kier alpha value is -1.59. The molecule has 22 heavy (non-hydrogen) atoms. The van der Waals surface area contributed by atoms with Gasteiger partial charge in [0.1, 0.15) is 0 Å². The van der Waals surface area contributed by atoms with Crippen LogP contribution in [0.5, 0.6) is 0 Å². The number of nitrogens with one attached hydrogen (secondary N) is 1. The van der Waals surface area contributed by atoms with Crippen LogP contribution < -0.4 is 11.1 Å². The maximum absolute atomic E-state index is 12.0. The Morgan fingerprint density at radius 1 is 1.23 bits per heavy atom. The number of rotatable bonds is 3. The first kappa shape index (κ1) is 14.0. The van der Waals surface area contributed by atoms with Crippen LogP contribution in [-0.4, -0.2) is 42.2 Å². The third-order valence-corrected chi connectivity index (χ3v) is 5.29. The second-order valence-electron chi connectivity index (χ2n) is 6.79. The molecule has 2 aliphatic rings. The lowest BCUT2D eigenvalue weighted by molar-refractivity contribution is 0.100. The number of benzene rings is 1. The Balaban J connectivity index is 1.47. The summed E-state index contributed by atoms with van der Waals surface area (Å²) in [6, 6.07) is 7.66. The van der Waals surface area contributed by atoms with Crippen LogP contribution in [0.25, 0.3) is 11.1 Å². The van der Waals surface area contributed by atoms with Gasteiger partial charge in [-0.1, -0.05) is 12.1 Å². The molecule has 3 heterocycles. The van der Waals surface area contributed by atoms with Crippen LogP contribution in [0.2, 0.25) is 0 Å². The number of likely N-dealkylation sites (tertiary alicyclic amines) is 1. The predicted octanol–water partition coefficient (Wildman–Crippen LogP) is 1.67. The fourth-order valence-electron chi connectivity index (χ4n) is 4.11. The molecule has 5 heteroatoms. The lowest BCUT2D eigenvalue weighted by Crippen LogP contribution is -2.45. The van der Waals surface area contributed by atoms with Crippen LogP contribution in [0.4, 0.5) is 0 Å². The quantitative estimate of drug-likeness (QED) is 0.937. The van der Waals surface area contributed by atoms with Gasteiger partial charge in [-0.15, -0.1) is 0 Å². The van der Waals surface area contributed by atoms with Gasteiger partial charge in [-0.2, -0.15) is 0 Å². The van der Waals surface area contributed by atoms with Gasteiger partial charge in [-0.05, 0) is 49.9 Å². The zero-order valence-corrected chi connectivity index (χ0v) is 12.9. The summed E-state index contributed by atoms with van der Waals surface area (Å²) in [5, 5.41) is 3.51. The zero-order valence-electron chi connectivity index (χ0n) is 12.9. The van der Waals surface area contributed by atoms with Gasteiger partial charge in [-0.25, -0.2) is 4.79 Å². The first-order chi connectivity index (χ1) is 10.8. The normalized spacial score (nSPS) is 26.2. The van der Waals surface area contributed by atoms with E-state index in [9.17, 15) is 4.79 Å². The summed E-state index contributed by atoms with van der Waals surface area (Å²) in [4.78, 5) is 14.5. The summed E-state index contributed by atoms with van der Waals surface area (Å²) in [7, 11) is 0. The molecule has 0 aliphatic carbocycles. The average Bonchev–Trinajstić information content (AvgIpc) is 3.09. The molecule has 2 saturated heterocycles. The molecule has 5 nitrogen and oxygen atoms in total. The van der Waals surface area contributed by atoms with Gasteiger partial charge in [0.2, 0.25) is 0 Å². The third kappa shape index (κ3) is 2.48. The maximum Gasteiger partial charge on any atom is 0.419 e. The van der Waals surface area contributed by atoms with Crippen molar-refractivity contribution in [2.45, 2.75) is 25.8 Å². The minimum atomic E-state index is -0.240. The molecular weight excluding hydrogens is 278 g/mol. The van der Waals surface area contributed by atoms with Crippen molar-refractivity contribution in [1.29, 1.82) is 0 Å². The average molecular weight is 301 g/mol. The van der Waals surface area contributed by atoms with E-state index < -0.39 is 0 Å². The molecule has 118 valence electrons. The summed E-state index contributed by atoms with van der Waals surface area (Å²) in [6.45, 7) is 6.24. The van der Waals surface area contributed by atoms with Crippen LogP contribution in [-0.2, 0) is 6.54 Å². The first-order valence-electron chi connectivity index (χ1n) is 8.27. The Bertz CT molecular complexity index is 712. The highest BCUT2D eigenvalue weighted by Gasteiger charge is 2.37. The van der Waals surface area contributed by atoms with Gasteiger partial charge in [0, 0.05) is 26.2 Å². The van der Waals surface area contributed by atoms with E-state index in [1.807, 2.05) is 24.3 Å². The minimum Gasteiger partial charge on any atom is -0.408 e. The van der Waals surface area contributed by atoms with Crippen LogP contribution >= 0.6 is 0 Å². The van der Waals surface area contributed by atoms with E-state index in [4.69, 9.17) is 4.42 Å². The molecule has 1 N–H and O–H groups in total. The van der Waals surface area contributed by atoms with Gasteiger partial charge >= 0.3 is 5.76 Å². The number of oxazole rings is 1. The highest BCUT2D eigenvalue weighted by molar-refractivity contribution is 5.72. The Morgan fingerprint density at radius 2 is 2.14 bits per heavy atom. The van der Waals surface area contributed by atoms with Crippen molar-refractivity contribution in [3.05, 3.63) is 34.8 Å². The van der Waals surface area contributed by atoms with Crippen LogP contribution in [0.1, 0.15) is 19.3 Å². The molecule has 1 atom stereocenters. The molecule has 2 aliphatic heterocycles. The number of nitrogens with zero attached hydrogens (tertiary/aromatic N) is 2. The second kappa shape index (κ2) is 5.56. The Labute approximate surface area is 129 Å². The molecule has 0 amide bonds. The van der Waals surface area contributed by atoms with E-state index in [2.05, 4.69) is 10.2 Å². The SMILES string of the molecule is O=c1oc2ccccc2n1CCN1CCC[C@@]2(CCNC2)C1. The molecule has 0 bridgehead atoms. The number of aromatic nitrogens is 1. The lowest BCUT2D eigenvalue weighted by Gasteiger charge is -2.40. The second-order valence-corrected chi connectivity index (χ2v) is 6.79. The van der Waals surface area contributed by atoms with Crippen molar-refractivity contribution in [2.75, 3.05) is 32.7 Å². The molecule has 0 unspecified atom stereocenters. The fraction of sp³-hybridized carbons (Fsp3) is 0.588. The van der Waals surface area contributed by atoms with Crippen molar-refractivity contribution >= 4 is 11.1 Å². The van der Waals surface area contributed by atoms with Crippen molar-refractivity contribution in [2.24, 2.45) is 5.41 Å². The summed E-state index contributed by atoms with van der Waals surface area (Å²) in [5.74, 6) is -0.240. The van der Waals surface area contributed by atoms with Crippen molar-refractivity contribution in [3.8, 4) is 0 Å². The molecule has 0 saturated carbocycles. The summed E-state index contributed by atoms with van der Waals surface area (Å²) in [5.41, 5.74) is 2.06. The smallest absolute Gasteiger partial charge is 0.408 e. The van der Waals surface area contributed by atoms with Gasteiger partial charge in [0.05, 0.1) is 5.52 Å². The molecule has 0 radical (unpaired) electrons. The van der Waals surface area contributed by atoms with Crippen molar-refractivity contribution < 1.29 is 4.42 Å². The number of piperidine rings is 1. The number of para-hydroxylation sites is 2. The van der Waals surface area contributed by atoms with E-state index >= 15 is 0 Å². The highest BCUT2D eigenvalue weighted by Crippen LogP contribution is 2.35. The minimum absolute atomic E-state index is 0.240. The first-order valence-corrected chi connectivity index (χ1v) is 8.27. The van der Waals surface area contributed by atoms with Gasteiger partial charge in [-0.3, -0.25) is 4.57 Å². The van der Waals surface area contributed by atoms with Crippen LogP contribution in [0.15, 0.2) is 33.5 Å². The Kier molecular flexibility index (Phi) is 3.54. The molecule has 1 spiro atoms. The Morgan fingerprint density at radius 3 is 3.00 bits per heavy atom. The van der Waals surface area contributed by atoms with Gasteiger partial charge in [0.25, 0.3) is 0 Å². The fourth-order valence-corrected chi connectivity index (χ4v) is 4.11. The van der Waals surface area contributed by atoms with E-state index in [0.717, 1.165) is 38.2 Å². The molecule has 2 fully saturated rings. The van der Waals surface area contributed by atoms with E-state index in [-0.39, 0.29) is 5.76 Å². The van der Waals surface area contributed by atoms with Crippen molar-refractivity contribution in [3.63, 3.8) is 0 Å². The van der Waals surface area contributed by atoms with Crippen LogP contribution in [0, 0.1) is 5.41 Å². The number of hydrogen-bond donors (Lipinski definition) is 1. The molecule has 2 aromatic rings.